The topological polar surface area (TPSA) is 57.2 Å². The van der Waals surface area contributed by atoms with Crippen LogP contribution in [0.4, 0.5) is 31.0 Å². The highest BCUT2D eigenvalue weighted by atomic mass is 19.4. The Kier molecular flexibility index (Phi) is 5.98. The van der Waals surface area contributed by atoms with Crippen molar-refractivity contribution in [2.45, 2.75) is 26.9 Å². The van der Waals surface area contributed by atoms with Gasteiger partial charge in [-0.25, -0.2) is 0 Å². The quantitative estimate of drug-likeness (QED) is 0.833. The maximum absolute atomic E-state index is 12.6. The van der Waals surface area contributed by atoms with E-state index in [9.17, 15) is 13.2 Å². The average Bonchev–Trinajstić information content (AvgIpc) is 2.44. The molecule has 0 bridgehead atoms. The number of hydrogen-bond donors (Lipinski definition) is 1. The zero-order valence-electron chi connectivity index (χ0n) is 12.7. The first-order chi connectivity index (χ1) is 9.84. The molecule has 0 unspecified atom stereocenters. The normalized spacial score (nSPS) is 11.4. The molecular weight excluding hydrogens is 285 g/mol. The molecule has 6 nitrogen and oxygen atoms in total. The van der Waals surface area contributed by atoms with Crippen LogP contribution < -0.4 is 15.1 Å². The molecule has 0 aliphatic heterocycles. The number of aromatic nitrogens is 3. The molecule has 1 aromatic rings. The monoisotopic (exact) mass is 306 g/mol. The predicted octanol–water partition coefficient (Wildman–Crippen LogP) is 2.15. The van der Waals surface area contributed by atoms with Gasteiger partial charge in [0.15, 0.2) is 0 Å². The van der Waals surface area contributed by atoms with E-state index in [0.29, 0.717) is 19.0 Å². The summed E-state index contributed by atoms with van der Waals surface area (Å²) >= 11 is 0. The van der Waals surface area contributed by atoms with Gasteiger partial charge in [-0.15, -0.1) is 0 Å². The zero-order valence-corrected chi connectivity index (χ0v) is 12.7. The molecule has 21 heavy (non-hydrogen) atoms. The third kappa shape index (κ3) is 4.91. The summed E-state index contributed by atoms with van der Waals surface area (Å²) in [4.78, 5) is 15.3. The molecule has 0 fully saturated rings. The van der Waals surface area contributed by atoms with Crippen molar-refractivity contribution in [2.24, 2.45) is 0 Å². The number of nitrogens with one attached hydrogen (secondary N) is 1. The zero-order chi connectivity index (χ0) is 16.0. The molecule has 1 rings (SSSR count). The summed E-state index contributed by atoms with van der Waals surface area (Å²) in [5.41, 5.74) is 0. The van der Waals surface area contributed by atoms with Crippen molar-refractivity contribution in [3.05, 3.63) is 0 Å². The van der Waals surface area contributed by atoms with Crippen molar-refractivity contribution < 1.29 is 13.2 Å². The predicted molar refractivity (Wildman–Crippen MR) is 76.9 cm³/mol. The van der Waals surface area contributed by atoms with Crippen LogP contribution in [0.2, 0.25) is 0 Å². The third-order valence-corrected chi connectivity index (χ3v) is 2.92. The second kappa shape index (κ2) is 7.28. The first kappa shape index (κ1) is 17.3. The highest BCUT2D eigenvalue weighted by Crippen LogP contribution is 2.21. The SMILES string of the molecule is CCN(CC)c1nc(NC)nc(N(CC)CC(F)(F)F)n1. The van der Waals surface area contributed by atoms with Crippen LogP contribution in [0.1, 0.15) is 20.8 Å². The van der Waals surface area contributed by atoms with Crippen LogP contribution in [0.5, 0.6) is 0 Å². The number of halogens is 3. The fourth-order valence-corrected chi connectivity index (χ4v) is 1.80. The summed E-state index contributed by atoms with van der Waals surface area (Å²) in [6, 6.07) is 0. The van der Waals surface area contributed by atoms with Crippen molar-refractivity contribution in [2.75, 3.05) is 48.3 Å². The summed E-state index contributed by atoms with van der Waals surface area (Å²) in [7, 11) is 1.62. The van der Waals surface area contributed by atoms with Crippen LogP contribution >= 0.6 is 0 Å². The summed E-state index contributed by atoms with van der Waals surface area (Å²) < 4.78 is 37.8. The van der Waals surface area contributed by atoms with Crippen LogP contribution in [-0.2, 0) is 0 Å². The minimum absolute atomic E-state index is 0.0241. The molecule has 0 amide bonds. The van der Waals surface area contributed by atoms with Crippen molar-refractivity contribution in [3.8, 4) is 0 Å². The lowest BCUT2D eigenvalue weighted by Crippen LogP contribution is -2.36. The van der Waals surface area contributed by atoms with Gasteiger partial charge >= 0.3 is 6.18 Å². The van der Waals surface area contributed by atoms with Crippen molar-refractivity contribution in [1.29, 1.82) is 0 Å². The molecule has 1 heterocycles. The van der Waals surface area contributed by atoms with Gasteiger partial charge in [-0.05, 0) is 20.8 Å². The van der Waals surface area contributed by atoms with Gasteiger partial charge < -0.3 is 15.1 Å². The third-order valence-electron chi connectivity index (χ3n) is 2.92. The molecule has 0 aliphatic carbocycles. The smallest absolute Gasteiger partial charge is 0.357 e. The summed E-state index contributed by atoms with van der Waals surface area (Å²) in [5.74, 6) is 0.647. The number of rotatable bonds is 7. The maximum Gasteiger partial charge on any atom is 0.406 e. The minimum Gasteiger partial charge on any atom is -0.357 e. The lowest BCUT2D eigenvalue weighted by Gasteiger charge is -2.25. The van der Waals surface area contributed by atoms with Gasteiger partial charge in [0.05, 0.1) is 0 Å². The Labute approximate surface area is 122 Å². The lowest BCUT2D eigenvalue weighted by molar-refractivity contribution is -0.119. The van der Waals surface area contributed by atoms with Crippen molar-refractivity contribution in [3.63, 3.8) is 0 Å². The van der Waals surface area contributed by atoms with Gasteiger partial charge in [0.25, 0.3) is 0 Å². The van der Waals surface area contributed by atoms with Gasteiger partial charge in [0, 0.05) is 26.7 Å². The molecular formula is C12H21F3N6. The molecule has 1 N–H and O–H groups in total. The van der Waals surface area contributed by atoms with Crippen LogP contribution in [0.25, 0.3) is 0 Å². The lowest BCUT2D eigenvalue weighted by atomic mass is 10.5. The number of hydrogen-bond acceptors (Lipinski definition) is 6. The van der Waals surface area contributed by atoms with E-state index in [1.165, 1.54) is 0 Å². The Morgan fingerprint density at radius 2 is 1.38 bits per heavy atom. The van der Waals surface area contributed by atoms with Crippen LogP contribution in [0.15, 0.2) is 0 Å². The summed E-state index contributed by atoms with van der Waals surface area (Å²) in [6.07, 6.45) is -4.31. The van der Waals surface area contributed by atoms with E-state index in [2.05, 4.69) is 20.3 Å². The highest BCUT2D eigenvalue weighted by Gasteiger charge is 2.31. The second-order valence-corrected chi connectivity index (χ2v) is 4.31. The Balaban J connectivity index is 3.18. The fraction of sp³-hybridized carbons (Fsp3) is 0.750. The molecule has 0 spiro atoms. The van der Waals surface area contributed by atoms with E-state index in [1.54, 1.807) is 14.0 Å². The summed E-state index contributed by atoms with van der Waals surface area (Å²) in [5, 5.41) is 2.76. The number of alkyl halides is 3. The van der Waals surface area contributed by atoms with Gasteiger partial charge in [0.1, 0.15) is 6.54 Å². The van der Waals surface area contributed by atoms with E-state index in [-0.39, 0.29) is 18.4 Å². The average molecular weight is 306 g/mol. The highest BCUT2D eigenvalue weighted by molar-refractivity contribution is 5.45. The number of anilines is 3. The molecule has 9 heteroatoms. The van der Waals surface area contributed by atoms with E-state index in [4.69, 9.17) is 0 Å². The van der Waals surface area contributed by atoms with Gasteiger partial charge in [-0.3, -0.25) is 0 Å². The molecule has 0 atom stereocenters. The van der Waals surface area contributed by atoms with Crippen molar-refractivity contribution in [1.82, 2.24) is 15.0 Å². The first-order valence-corrected chi connectivity index (χ1v) is 6.85. The Bertz CT molecular complexity index is 447. The van der Waals surface area contributed by atoms with Crippen LogP contribution in [0, 0.1) is 0 Å². The molecule has 0 saturated heterocycles. The van der Waals surface area contributed by atoms with Crippen LogP contribution in [-0.4, -0.2) is 54.4 Å². The molecule has 120 valence electrons. The van der Waals surface area contributed by atoms with Gasteiger partial charge in [0.2, 0.25) is 17.8 Å². The second-order valence-electron chi connectivity index (χ2n) is 4.31. The standard InChI is InChI=1S/C12H21F3N6/c1-5-20(6-2)10-17-9(16-4)18-11(19-10)21(7-3)8-12(13,14)15/h5-8H2,1-4H3,(H,16,17,18,19). The van der Waals surface area contributed by atoms with E-state index in [1.807, 2.05) is 18.7 Å². The van der Waals surface area contributed by atoms with Crippen molar-refractivity contribution >= 4 is 17.8 Å². The maximum atomic E-state index is 12.6. The first-order valence-electron chi connectivity index (χ1n) is 6.85. The molecule has 0 radical (unpaired) electrons. The Morgan fingerprint density at radius 3 is 1.76 bits per heavy atom. The fourth-order valence-electron chi connectivity index (χ4n) is 1.80. The molecule has 0 aliphatic rings. The van der Waals surface area contributed by atoms with E-state index in [0.717, 1.165) is 4.90 Å². The van der Waals surface area contributed by atoms with Gasteiger partial charge in [-0.2, -0.15) is 28.1 Å². The van der Waals surface area contributed by atoms with Crippen LogP contribution in [0.3, 0.4) is 0 Å². The molecule has 0 saturated carbocycles. The molecule has 1 aromatic heterocycles. The largest absolute Gasteiger partial charge is 0.406 e. The van der Waals surface area contributed by atoms with E-state index < -0.39 is 12.7 Å². The Morgan fingerprint density at radius 1 is 0.905 bits per heavy atom. The molecule has 0 aromatic carbocycles. The summed E-state index contributed by atoms with van der Waals surface area (Å²) in [6.45, 7) is 5.88. The van der Waals surface area contributed by atoms with Gasteiger partial charge in [-0.1, -0.05) is 0 Å². The number of nitrogens with zero attached hydrogens (tertiary/aromatic N) is 5. The van der Waals surface area contributed by atoms with E-state index >= 15 is 0 Å². The Hall–Kier alpha value is -1.80. The minimum atomic E-state index is -4.31.